The second kappa shape index (κ2) is 8.27. The lowest BCUT2D eigenvalue weighted by atomic mass is 10.1. The first-order valence-corrected chi connectivity index (χ1v) is 10.3. The van der Waals surface area contributed by atoms with Gasteiger partial charge in [-0.15, -0.1) is 0 Å². The summed E-state index contributed by atoms with van der Waals surface area (Å²) in [5, 5.41) is 1.23. The summed E-state index contributed by atoms with van der Waals surface area (Å²) in [4.78, 5) is 19.4. The third kappa shape index (κ3) is 4.44. The van der Waals surface area contributed by atoms with Crippen LogP contribution in [-0.2, 0) is 11.3 Å². The monoisotopic (exact) mass is 426 g/mol. The zero-order valence-electron chi connectivity index (χ0n) is 16.0. The van der Waals surface area contributed by atoms with Crippen LogP contribution < -0.4 is 9.64 Å². The van der Waals surface area contributed by atoms with E-state index in [0.29, 0.717) is 21.7 Å². The van der Waals surface area contributed by atoms with Gasteiger partial charge in [-0.1, -0.05) is 29.0 Å². The standard InChI is InChI=1S/C22H19ClN2O3S/c1-14-10-15(2)21-19(11-14)29-22(24-21)25(12-18-4-3-9-27-18)20(26)13-28-17-7-5-16(23)6-8-17/h3-11H,12-13H2,1-2H3. The number of fused-ring (bicyclic) bond motifs is 1. The van der Waals surface area contributed by atoms with Crippen molar-refractivity contribution in [1.82, 2.24) is 4.98 Å². The maximum absolute atomic E-state index is 13.0. The van der Waals surface area contributed by atoms with Gasteiger partial charge >= 0.3 is 0 Å². The number of nitrogens with zero attached hydrogens (tertiary/aromatic N) is 2. The Morgan fingerprint density at radius 2 is 2.00 bits per heavy atom. The van der Waals surface area contributed by atoms with E-state index in [1.165, 1.54) is 16.9 Å². The van der Waals surface area contributed by atoms with E-state index in [1.807, 2.05) is 13.0 Å². The molecule has 0 bridgehead atoms. The number of hydrogen-bond donors (Lipinski definition) is 0. The van der Waals surface area contributed by atoms with Crippen LogP contribution in [0.5, 0.6) is 5.75 Å². The van der Waals surface area contributed by atoms with E-state index in [4.69, 9.17) is 25.7 Å². The van der Waals surface area contributed by atoms with Crippen molar-refractivity contribution in [3.8, 4) is 5.75 Å². The van der Waals surface area contributed by atoms with Crippen LogP contribution in [-0.4, -0.2) is 17.5 Å². The van der Waals surface area contributed by atoms with Crippen molar-refractivity contribution in [1.29, 1.82) is 0 Å². The predicted molar refractivity (Wildman–Crippen MR) is 116 cm³/mol. The largest absolute Gasteiger partial charge is 0.484 e. The van der Waals surface area contributed by atoms with E-state index in [9.17, 15) is 4.79 Å². The molecule has 148 valence electrons. The van der Waals surface area contributed by atoms with Crippen molar-refractivity contribution in [3.63, 3.8) is 0 Å². The summed E-state index contributed by atoms with van der Waals surface area (Å²) >= 11 is 7.39. The molecule has 29 heavy (non-hydrogen) atoms. The lowest BCUT2D eigenvalue weighted by molar-refractivity contribution is -0.120. The summed E-state index contributed by atoms with van der Waals surface area (Å²) in [5.74, 6) is 1.05. The number of halogens is 1. The minimum absolute atomic E-state index is 0.115. The first-order valence-electron chi connectivity index (χ1n) is 9.08. The lowest BCUT2D eigenvalue weighted by Gasteiger charge is -2.19. The van der Waals surface area contributed by atoms with E-state index in [0.717, 1.165) is 15.8 Å². The Morgan fingerprint density at radius 1 is 1.21 bits per heavy atom. The summed E-state index contributed by atoms with van der Waals surface area (Å²) < 4.78 is 12.2. The Kier molecular flexibility index (Phi) is 5.56. The molecule has 4 aromatic rings. The molecule has 0 aliphatic heterocycles. The highest BCUT2D eigenvalue weighted by atomic mass is 35.5. The molecule has 0 fully saturated rings. The Labute approximate surface area is 177 Å². The Hall–Kier alpha value is -2.83. The second-order valence-electron chi connectivity index (χ2n) is 6.73. The van der Waals surface area contributed by atoms with Gasteiger partial charge in [-0.05, 0) is 67.4 Å². The molecule has 0 spiro atoms. The Balaban J connectivity index is 1.61. The number of benzene rings is 2. The molecule has 4 rings (SSSR count). The van der Waals surface area contributed by atoms with Crippen LogP contribution in [0.25, 0.3) is 10.2 Å². The minimum atomic E-state index is -0.204. The molecular formula is C22H19ClN2O3S. The molecule has 0 aliphatic rings. The van der Waals surface area contributed by atoms with Crippen molar-refractivity contribution in [2.75, 3.05) is 11.5 Å². The van der Waals surface area contributed by atoms with Crippen LogP contribution in [0.1, 0.15) is 16.9 Å². The number of anilines is 1. The molecule has 7 heteroatoms. The van der Waals surface area contributed by atoms with Gasteiger partial charge in [0.2, 0.25) is 0 Å². The van der Waals surface area contributed by atoms with Gasteiger partial charge in [-0.25, -0.2) is 4.98 Å². The van der Waals surface area contributed by atoms with Crippen LogP contribution in [0.4, 0.5) is 5.13 Å². The average Bonchev–Trinajstić information content (AvgIpc) is 3.35. The van der Waals surface area contributed by atoms with Crippen molar-refractivity contribution in [2.45, 2.75) is 20.4 Å². The highest BCUT2D eigenvalue weighted by Gasteiger charge is 2.22. The van der Waals surface area contributed by atoms with Crippen molar-refractivity contribution in [3.05, 3.63) is 76.7 Å². The Morgan fingerprint density at radius 3 is 2.72 bits per heavy atom. The number of amides is 1. The van der Waals surface area contributed by atoms with Crippen molar-refractivity contribution >= 4 is 44.2 Å². The number of rotatable bonds is 6. The first kappa shape index (κ1) is 19.5. The summed E-state index contributed by atoms with van der Waals surface area (Å²) in [7, 11) is 0. The molecule has 0 unspecified atom stereocenters. The molecule has 2 aromatic heterocycles. The summed E-state index contributed by atoms with van der Waals surface area (Å²) in [6.07, 6.45) is 1.59. The molecular weight excluding hydrogens is 408 g/mol. The summed E-state index contributed by atoms with van der Waals surface area (Å²) in [6, 6.07) is 14.7. The predicted octanol–water partition coefficient (Wildman–Crippen LogP) is 5.77. The number of hydrogen-bond acceptors (Lipinski definition) is 5. The zero-order valence-corrected chi connectivity index (χ0v) is 17.6. The maximum Gasteiger partial charge on any atom is 0.267 e. The number of furan rings is 1. The molecule has 0 saturated heterocycles. The first-order chi connectivity index (χ1) is 14.0. The fourth-order valence-corrected chi connectivity index (χ4v) is 4.33. The van der Waals surface area contributed by atoms with Crippen LogP contribution in [0, 0.1) is 13.8 Å². The van der Waals surface area contributed by atoms with Gasteiger partial charge in [-0.2, -0.15) is 0 Å². The fraction of sp³-hybridized carbons (Fsp3) is 0.182. The minimum Gasteiger partial charge on any atom is -0.484 e. The van der Waals surface area contributed by atoms with E-state index in [2.05, 4.69) is 19.1 Å². The number of carbonyl (C=O) groups excluding carboxylic acids is 1. The van der Waals surface area contributed by atoms with Gasteiger partial charge in [0.05, 0.1) is 23.0 Å². The second-order valence-corrected chi connectivity index (χ2v) is 8.17. The van der Waals surface area contributed by atoms with Crippen LogP contribution in [0.2, 0.25) is 5.02 Å². The van der Waals surface area contributed by atoms with Gasteiger partial charge in [0.25, 0.3) is 5.91 Å². The molecule has 0 saturated carbocycles. The number of thiazole rings is 1. The van der Waals surface area contributed by atoms with Gasteiger partial charge < -0.3 is 9.15 Å². The topological polar surface area (TPSA) is 55.6 Å². The molecule has 0 radical (unpaired) electrons. The van der Waals surface area contributed by atoms with Gasteiger partial charge in [0, 0.05) is 5.02 Å². The normalized spacial score (nSPS) is 11.0. The fourth-order valence-electron chi connectivity index (χ4n) is 3.05. The molecule has 5 nitrogen and oxygen atoms in total. The summed E-state index contributed by atoms with van der Waals surface area (Å²) in [5.41, 5.74) is 3.16. The van der Waals surface area contributed by atoms with E-state index in [-0.39, 0.29) is 19.1 Å². The number of carbonyl (C=O) groups is 1. The van der Waals surface area contributed by atoms with Crippen LogP contribution >= 0.6 is 22.9 Å². The van der Waals surface area contributed by atoms with Crippen LogP contribution in [0.15, 0.2) is 59.2 Å². The number of aryl methyl sites for hydroxylation is 2. The molecule has 0 atom stereocenters. The molecule has 2 heterocycles. The van der Waals surface area contributed by atoms with Crippen LogP contribution in [0.3, 0.4) is 0 Å². The van der Waals surface area contributed by atoms with E-state index in [1.54, 1.807) is 41.5 Å². The molecule has 0 aliphatic carbocycles. The van der Waals surface area contributed by atoms with Gasteiger partial charge in [0.15, 0.2) is 11.7 Å². The molecule has 1 amide bonds. The maximum atomic E-state index is 13.0. The van der Waals surface area contributed by atoms with E-state index < -0.39 is 0 Å². The van der Waals surface area contributed by atoms with Gasteiger partial charge in [0.1, 0.15) is 11.5 Å². The number of ether oxygens (including phenoxy) is 1. The SMILES string of the molecule is Cc1cc(C)c2nc(N(Cc3ccco3)C(=O)COc3ccc(Cl)cc3)sc2c1. The quantitative estimate of drug-likeness (QED) is 0.392. The van der Waals surface area contributed by atoms with E-state index >= 15 is 0 Å². The Bertz CT molecular complexity index is 1140. The van der Waals surface area contributed by atoms with Gasteiger partial charge in [-0.3, -0.25) is 9.69 Å². The highest BCUT2D eigenvalue weighted by Crippen LogP contribution is 2.32. The highest BCUT2D eigenvalue weighted by molar-refractivity contribution is 7.22. The third-order valence-electron chi connectivity index (χ3n) is 4.42. The molecule has 2 aromatic carbocycles. The average molecular weight is 427 g/mol. The zero-order chi connectivity index (χ0) is 20.4. The van der Waals surface area contributed by atoms with Crippen molar-refractivity contribution < 1.29 is 13.9 Å². The third-order valence-corrected chi connectivity index (χ3v) is 5.70. The molecule has 0 N–H and O–H groups in total. The van der Waals surface area contributed by atoms with Crippen molar-refractivity contribution in [2.24, 2.45) is 0 Å². The number of aromatic nitrogens is 1. The lowest BCUT2D eigenvalue weighted by Crippen LogP contribution is -2.34. The summed E-state index contributed by atoms with van der Waals surface area (Å²) in [6.45, 7) is 4.25. The smallest absolute Gasteiger partial charge is 0.267 e.